The van der Waals surface area contributed by atoms with Crippen LogP contribution in [-0.4, -0.2) is 16.8 Å². The summed E-state index contributed by atoms with van der Waals surface area (Å²) in [5.74, 6) is 0.622. The van der Waals surface area contributed by atoms with Crippen molar-refractivity contribution in [2.45, 2.75) is 20.5 Å². The van der Waals surface area contributed by atoms with E-state index in [0.717, 1.165) is 22.4 Å². The third-order valence-electron chi connectivity index (χ3n) is 5.01. The summed E-state index contributed by atoms with van der Waals surface area (Å²) in [6, 6.07) is 17.5. The van der Waals surface area contributed by atoms with Gasteiger partial charge in [0.15, 0.2) is 15.8 Å². The van der Waals surface area contributed by atoms with Gasteiger partial charge in [0, 0.05) is 0 Å². The van der Waals surface area contributed by atoms with Crippen LogP contribution in [0.5, 0.6) is 11.5 Å². The van der Waals surface area contributed by atoms with Gasteiger partial charge in [0.2, 0.25) is 0 Å². The van der Waals surface area contributed by atoms with Crippen LogP contribution in [0.2, 0.25) is 0 Å². The zero-order valence-electron chi connectivity index (χ0n) is 18.5. The fraction of sp³-hybridized carbons (Fsp3) is 0.154. The average molecular weight is 558 g/mol. The second-order valence-corrected chi connectivity index (χ2v) is 10.1. The molecule has 1 aliphatic rings. The highest BCUT2D eigenvalue weighted by atomic mass is 79.9. The number of benzene rings is 3. The van der Waals surface area contributed by atoms with Gasteiger partial charge in [-0.25, -0.2) is 4.39 Å². The molecular formula is C26H21BrFNO3S2. The number of anilines is 1. The van der Waals surface area contributed by atoms with Crippen molar-refractivity contribution in [3.05, 3.63) is 92.5 Å². The topological polar surface area (TPSA) is 38.8 Å². The maximum absolute atomic E-state index is 13.2. The fourth-order valence-electron chi connectivity index (χ4n) is 3.35. The lowest BCUT2D eigenvalue weighted by molar-refractivity contribution is -0.113. The van der Waals surface area contributed by atoms with Crippen LogP contribution in [0.4, 0.5) is 10.1 Å². The smallest absolute Gasteiger partial charge is 0.270 e. The van der Waals surface area contributed by atoms with Crippen LogP contribution in [0, 0.1) is 12.7 Å². The largest absolute Gasteiger partial charge is 0.490 e. The van der Waals surface area contributed by atoms with Gasteiger partial charge in [-0.1, -0.05) is 53.8 Å². The molecule has 4 nitrogen and oxygen atoms in total. The van der Waals surface area contributed by atoms with Crippen molar-refractivity contribution in [2.75, 3.05) is 11.5 Å². The van der Waals surface area contributed by atoms with E-state index in [4.69, 9.17) is 21.7 Å². The lowest BCUT2D eigenvalue weighted by atomic mass is 10.1. The quantitative estimate of drug-likeness (QED) is 0.225. The van der Waals surface area contributed by atoms with Gasteiger partial charge in [0.25, 0.3) is 5.91 Å². The van der Waals surface area contributed by atoms with Crippen molar-refractivity contribution in [3.8, 4) is 11.5 Å². The Bertz CT molecular complexity index is 1260. The van der Waals surface area contributed by atoms with Crippen LogP contribution >= 0.6 is 39.9 Å². The van der Waals surface area contributed by atoms with E-state index in [0.29, 0.717) is 31.8 Å². The summed E-state index contributed by atoms with van der Waals surface area (Å²) < 4.78 is 26.1. The molecule has 0 aliphatic carbocycles. The van der Waals surface area contributed by atoms with E-state index in [2.05, 4.69) is 15.9 Å². The number of ether oxygens (including phenoxy) is 2. The zero-order valence-corrected chi connectivity index (χ0v) is 21.7. The van der Waals surface area contributed by atoms with E-state index < -0.39 is 0 Å². The number of thioether (sulfide) groups is 1. The molecule has 0 bridgehead atoms. The Morgan fingerprint density at radius 1 is 1.09 bits per heavy atom. The van der Waals surface area contributed by atoms with E-state index in [1.807, 2.05) is 50.2 Å². The summed E-state index contributed by atoms with van der Waals surface area (Å²) in [7, 11) is 0. The maximum Gasteiger partial charge on any atom is 0.270 e. The van der Waals surface area contributed by atoms with Gasteiger partial charge in [0.05, 0.1) is 21.7 Å². The molecule has 1 heterocycles. The number of thiocarbonyl (C=S) groups is 1. The van der Waals surface area contributed by atoms with Crippen molar-refractivity contribution in [1.82, 2.24) is 0 Å². The predicted molar refractivity (Wildman–Crippen MR) is 143 cm³/mol. The second-order valence-electron chi connectivity index (χ2n) is 7.53. The first-order chi connectivity index (χ1) is 16.4. The van der Waals surface area contributed by atoms with E-state index in [9.17, 15) is 9.18 Å². The van der Waals surface area contributed by atoms with Crippen LogP contribution < -0.4 is 14.4 Å². The number of rotatable bonds is 7. The number of carbonyl (C=O) groups is 1. The number of hydrogen-bond donors (Lipinski definition) is 0. The van der Waals surface area contributed by atoms with E-state index in [1.165, 1.54) is 23.9 Å². The molecular weight excluding hydrogens is 537 g/mol. The Labute approximate surface area is 215 Å². The molecule has 174 valence electrons. The van der Waals surface area contributed by atoms with E-state index in [1.54, 1.807) is 23.1 Å². The van der Waals surface area contributed by atoms with Gasteiger partial charge in [-0.15, -0.1) is 0 Å². The molecule has 34 heavy (non-hydrogen) atoms. The van der Waals surface area contributed by atoms with Crippen molar-refractivity contribution in [3.63, 3.8) is 0 Å². The molecule has 1 saturated heterocycles. The minimum Gasteiger partial charge on any atom is -0.490 e. The Morgan fingerprint density at radius 2 is 1.79 bits per heavy atom. The van der Waals surface area contributed by atoms with Gasteiger partial charge in [-0.3, -0.25) is 9.69 Å². The van der Waals surface area contributed by atoms with Gasteiger partial charge >= 0.3 is 0 Å². The number of nitrogens with zero attached hydrogens (tertiary/aromatic N) is 1. The van der Waals surface area contributed by atoms with Gasteiger partial charge in [-0.2, -0.15) is 0 Å². The average Bonchev–Trinajstić information content (AvgIpc) is 3.08. The summed E-state index contributed by atoms with van der Waals surface area (Å²) in [4.78, 5) is 15.2. The summed E-state index contributed by atoms with van der Waals surface area (Å²) in [5.41, 5.74) is 3.46. The molecule has 0 N–H and O–H groups in total. The van der Waals surface area contributed by atoms with Gasteiger partial charge in [0.1, 0.15) is 12.4 Å². The van der Waals surface area contributed by atoms with Crippen LogP contribution in [0.25, 0.3) is 6.08 Å². The van der Waals surface area contributed by atoms with E-state index in [-0.39, 0.29) is 18.3 Å². The van der Waals surface area contributed by atoms with Gasteiger partial charge < -0.3 is 9.47 Å². The maximum atomic E-state index is 13.2. The minimum absolute atomic E-state index is 0.162. The highest BCUT2D eigenvalue weighted by Gasteiger charge is 2.33. The predicted octanol–water partition coefficient (Wildman–Crippen LogP) is 7.28. The van der Waals surface area contributed by atoms with E-state index >= 15 is 0 Å². The molecule has 0 aromatic heterocycles. The molecule has 0 unspecified atom stereocenters. The molecule has 0 spiro atoms. The molecule has 3 aromatic carbocycles. The summed E-state index contributed by atoms with van der Waals surface area (Å²) in [6.07, 6.45) is 1.80. The first-order valence-electron chi connectivity index (χ1n) is 10.5. The van der Waals surface area contributed by atoms with Crippen LogP contribution in [0.1, 0.15) is 23.6 Å². The Kier molecular flexibility index (Phi) is 7.70. The second kappa shape index (κ2) is 10.7. The summed E-state index contributed by atoms with van der Waals surface area (Å²) in [5, 5.41) is 0. The van der Waals surface area contributed by atoms with Crippen LogP contribution in [0.3, 0.4) is 0 Å². The molecule has 4 rings (SSSR count). The number of carbonyl (C=O) groups excluding carboxylic acids is 1. The Balaban J connectivity index is 1.59. The lowest BCUT2D eigenvalue weighted by Gasteiger charge is -2.15. The monoisotopic (exact) mass is 557 g/mol. The molecule has 8 heteroatoms. The first-order valence-corrected chi connectivity index (χ1v) is 12.6. The fourth-order valence-corrected chi connectivity index (χ4v) is 5.22. The van der Waals surface area contributed by atoms with Crippen molar-refractivity contribution >= 4 is 61.9 Å². The van der Waals surface area contributed by atoms with Gasteiger partial charge in [-0.05, 0) is 83.4 Å². The number of hydrogen-bond acceptors (Lipinski definition) is 5. The van der Waals surface area contributed by atoms with Crippen molar-refractivity contribution in [1.29, 1.82) is 0 Å². The number of halogens is 2. The van der Waals surface area contributed by atoms with Crippen molar-refractivity contribution in [2.24, 2.45) is 0 Å². The van der Waals surface area contributed by atoms with Crippen molar-refractivity contribution < 1.29 is 18.7 Å². The SMILES string of the molecule is CCOc1cc(/C=C2/SC(=S)N(c3ccc(C)cc3)C2=O)cc(Br)c1OCc1ccc(F)cc1. The number of aryl methyl sites for hydroxylation is 1. The summed E-state index contributed by atoms with van der Waals surface area (Å²) >= 11 is 10.3. The number of amides is 1. The molecule has 0 atom stereocenters. The standard InChI is InChI=1S/C26H21BrFNO3S2/c1-3-31-22-13-18(12-21(27)24(22)32-15-17-6-8-19(28)9-7-17)14-23-25(30)29(26(33)34-23)20-10-4-16(2)5-11-20/h4-14H,3,15H2,1-2H3/b23-14+. The normalized spacial score (nSPS) is 14.7. The Hall–Kier alpha value is -2.68. The third kappa shape index (κ3) is 5.51. The highest BCUT2D eigenvalue weighted by Crippen LogP contribution is 2.40. The summed E-state index contributed by atoms with van der Waals surface area (Å²) in [6.45, 7) is 4.58. The molecule has 3 aromatic rings. The highest BCUT2D eigenvalue weighted by molar-refractivity contribution is 9.10. The minimum atomic E-state index is -0.294. The molecule has 0 radical (unpaired) electrons. The first kappa shape index (κ1) is 24.4. The molecule has 1 aliphatic heterocycles. The third-order valence-corrected chi connectivity index (χ3v) is 6.90. The molecule has 1 amide bonds. The zero-order chi connectivity index (χ0) is 24.2. The van der Waals surface area contributed by atoms with Crippen LogP contribution in [-0.2, 0) is 11.4 Å². The van der Waals surface area contributed by atoms with Crippen LogP contribution in [0.15, 0.2) is 70.0 Å². The lowest BCUT2D eigenvalue weighted by Crippen LogP contribution is -2.27. The Morgan fingerprint density at radius 3 is 2.47 bits per heavy atom. The molecule has 0 saturated carbocycles. The molecule has 1 fully saturated rings.